The summed E-state index contributed by atoms with van der Waals surface area (Å²) in [5, 5.41) is 0. The molecule has 2 N–H and O–H groups in total. The van der Waals surface area contributed by atoms with Crippen LogP contribution in [-0.4, -0.2) is 44.3 Å². The fraction of sp³-hybridized carbons (Fsp3) is 0.588. The van der Waals surface area contributed by atoms with Crippen molar-refractivity contribution in [1.82, 2.24) is 4.31 Å². The summed E-state index contributed by atoms with van der Waals surface area (Å²) in [6.07, 6.45) is 3.45. The molecule has 4 rings (SSSR count). The average Bonchev–Trinajstić information content (AvgIpc) is 3.26. The fourth-order valence-corrected chi connectivity index (χ4v) is 5.87. The van der Waals surface area contributed by atoms with Crippen LogP contribution in [0.3, 0.4) is 0 Å². The third kappa shape index (κ3) is 3.18. The molecule has 3 fully saturated rings. The Hall–Kier alpha value is -1.15. The average molecular weight is 386 g/mol. The summed E-state index contributed by atoms with van der Waals surface area (Å²) >= 11 is 0. The molecule has 8 heteroatoms. The Morgan fingerprint density at radius 1 is 1.08 bits per heavy atom. The van der Waals surface area contributed by atoms with Gasteiger partial charge in [-0.2, -0.15) is 4.31 Å². The van der Waals surface area contributed by atoms with E-state index < -0.39 is 10.0 Å². The normalized spacial score (nSPS) is 29.7. The Balaban J connectivity index is 0.00000182. The van der Waals surface area contributed by atoms with Crippen molar-refractivity contribution in [3.63, 3.8) is 0 Å². The highest BCUT2D eigenvalue weighted by atomic mass is 35.5. The Bertz CT molecular complexity index is 753. The van der Waals surface area contributed by atoms with Crippen LogP contribution in [0.2, 0.25) is 0 Å². The minimum atomic E-state index is -3.48. The quantitative estimate of drug-likeness (QED) is 0.856. The number of sulfonamides is 1. The van der Waals surface area contributed by atoms with Crippen molar-refractivity contribution in [2.45, 2.75) is 36.6 Å². The molecular formula is C17H24ClN3O3S. The Morgan fingerprint density at radius 2 is 1.80 bits per heavy atom. The molecule has 2 saturated heterocycles. The lowest BCUT2D eigenvalue weighted by atomic mass is 9.98. The number of carbonyl (C=O) groups is 1. The van der Waals surface area contributed by atoms with Gasteiger partial charge in [-0.3, -0.25) is 4.79 Å². The summed E-state index contributed by atoms with van der Waals surface area (Å²) in [6, 6.07) is 6.82. The molecule has 1 aromatic carbocycles. The first kappa shape index (κ1) is 18.6. The summed E-state index contributed by atoms with van der Waals surface area (Å²) < 4.78 is 27.3. The van der Waals surface area contributed by atoms with Crippen molar-refractivity contribution in [3.05, 3.63) is 24.3 Å². The molecule has 138 valence electrons. The van der Waals surface area contributed by atoms with Gasteiger partial charge in [0.25, 0.3) is 0 Å². The zero-order valence-corrected chi connectivity index (χ0v) is 15.6. The number of benzene rings is 1. The van der Waals surface area contributed by atoms with Crippen LogP contribution in [0.15, 0.2) is 29.2 Å². The molecule has 3 unspecified atom stereocenters. The molecule has 3 aliphatic rings. The second kappa shape index (κ2) is 6.87. The smallest absolute Gasteiger partial charge is 0.243 e. The highest BCUT2D eigenvalue weighted by Gasteiger charge is 2.45. The van der Waals surface area contributed by atoms with Crippen LogP contribution < -0.4 is 10.6 Å². The van der Waals surface area contributed by atoms with Gasteiger partial charge in [-0.05, 0) is 55.4 Å². The van der Waals surface area contributed by atoms with Gasteiger partial charge >= 0.3 is 0 Å². The monoisotopic (exact) mass is 385 g/mol. The zero-order chi connectivity index (χ0) is 16.9. The van der Waals surface area contributed by atoms with Gasteiger partial charge in [-0.15, -0.1) is 12.4 Å². The summed E-state index contributed by atoms with van der Waals surface area (Å²) in [5.41, 5.74) is 6.88. The molecule has 1 amide bonds. The van der Waals surface area contributed by atoms with Crippen molar-refractivity contribution in [1.29, 1.82) is 0 Å². The van der Waals surface area contributed by atoms with Gasteiger partial charge in [-0.1, -0.05) is 0 Å². The maximum absolute atomic E-state index is 12.9. The predicted octanol–water partition coefficient (Wildman–Crippen LogP) is 1.59. The molecule has 1 saturated carbocycles. The highest BCUT2D eigenvalue weighted by molar-refractivity contribution is 7.89. The van der Waals surface area contributed by atoms with E-state index in [1.807, 2.05) is 0 Å². The van der Waals surface area contributed by atoms with E-state index >= 15 is 0 Å². The summed E-state index contributed by atoms with van der Waals surface area (Å²) in [7, 11) is -3.48. The molecule has 25 heavy (non-hydrogen) atoms. The number of hydrogen-bond acceptors (Lipinski definition) is 4. The number of rotatable bonds is 3. The second-order valence-electron chi connectivity index (χ2n) is 7.13. The van der Waals surface area contributed by atoms with Crippen molar-refractivity contribution in [2.75, 3.05) is 24.5 Å². The van der Waals surface area contributed by atoms with E-state index in [0.29, 0.717) is 42.8 Å². The molecule has 6 nitrogen and oxygen atoms in total. The molecule has 2 aliphatic heterocycles. The molecule has 0 bridgehead atoms. The van der Waals surface area contributed by atoms with Gasteiger partial charge in [-0.25, -0.2) is 8.42 Å². The zero-order valence-electron chi connectivity index (χ0n) is 14.0. The van der Waals surface area contributed by atoms with E-state index in [2.05, 4.69) is 0 Å². The molecule has 1 aromatic rings. The number of anilines is 1. The number of nitrogens with zero attached hydrogens (tertiary/aromatic N) is 2. The molecule has 1 aliphatic carbocycles. The Morgan fingerprint density at radius 3 is 2.40 bits per heavy atom. The first-order valence-corrected chi connectivity index (χ1v) is 10.1. The Labute approximate surface area is 154 Å². The fourth-order valence-electron chi connectivity index (χ4n) is 4.33. The van der Waals surface area contributed by atoms with Crippen LogP contribution >= 0.6 is 12.4 Å². The maximum atomic E-state index is 12.9. The van der Waals surface area contributed by atoms with E-state index in [1.165, 1.54) is 0 Å². The highest BCUT2D eigenvalue weighted by Crippen LogP contribution is 2.39. The van der Waals surface area contributed by atoms with Gasteiger partial charge in [0.05, 0.1) is 4.90 Å². The molecule has 0 radical (unpaired) electrons. The molecule has 0 aromatic heterocycles. The number of carbonyl (C=O) groups excluding carboxylic acids is 1. The minimum absolute atomic E-state index is 0. The van der Waals surface area contributed by atoms with Crippen molar-refractivity contribution in [3.8, 4) is 0 Å². The van der Waals surface area contributed by atoms with Crippen molar-refractivity contribution in [2.24, 2.45) is 17.6 Å². The van der Waals surface area contributed by atoms with E-state index in [1.54, 1.807) is 33.5 Å². The van der Waals surface area contributed by atoms with Crippen LogP contribution in [0, 0.1) is 11.8 Å². The van der Waals surface area contributed by atoms with E-state index in [9.17, 15) is 13.2 Å². The number of nitrogens with two attached hydrogens (primary N) is 1. The van der Waals surface area contributed by atoms with Gasteiger partial charge in [0.1, 0.15) is 0 Å². The summed E-state index contributed by atoms with van der Waals surface area (Å²) in [4.78, 5) is 13.8. The molecular weight excluding hydrogens is 362 g/mol. The number of hydrogen-bond donors (Lipinski definition) is 1. The minimum Gasteiger partial charge on any atom is -0.327 e. The van der Waals surface area contributed by atoms with Gasteiger partial charge in [0.15, 0.2) is 0 Å². The maximum Gasteiger partial charge on any atom is 0.243 e. The van der Waals surface area contributed by atoms with Crippen LogP contribution in [-0.2, 0) is 14.8 Å². The lowest BCUT2D eigenvalue weighted by molar-refractivity contribution is -0.117. The number of fused-ring (bicyclic) bond motifs is 1. The van der Waals surface area contributed by atoms with E-state index in [-0.39, 0.29) is 24.4 Å². The van der Waals surface area contributed by atoms with Crippen LogP contribution in [0.4, 0.5) is 5.69 Å². The lowest BCUT2D eigenvalue weighted by Gasteiger charge is -2.20. The predicted molar refractivity (Wildman–Crippen MR) is 98.2 cm³/mol. The number of amides is 1. The third-order valence-electron chi connectivity index (χ3n) is 5.74. The summed E-state index contributed by atoms with van der Waals surface area (Å²) in [6.45, 7) is 1.81. The van der Waals surface area contributed by atoms with Gasteiger partial charge in [0, 0.05) is 37.8 Å². The lowest BCUT2D eigenvalue weighted by Crippen LogP contribution is -2.33. The SMILES string of the molecule is Cl.NC1CCC2CN(S(=O)(=O)c3ccc(N4CCCC4=O)cc3)CC12. The number of halogens is 1. The van der Waals surface area contributed by atoms with Crippen molar-refractivity contribution >= 4 is 34.0 Å². The van der Waals surface area contributed by atoms with Gasteiger partial charge in [0.2, 0.25) is 15.9 Å². The van der Waals surface area contributed by atoms with Crippen LogP contribution in [0.25, 0.3) is 0 Å². The molecule has 2 heterocycles. The first-order chi connectivity index (χ1) is 11.5. The molecule has 3 atom stereocenters. The standard InChI is InChI=1S/C17H23N3O3S.ClH/c18-16-8-3-12-10-19(11-15(12)16)24(22,23)14-6-4-13(5-7-14)20-9-1-2-17(20)21;/h4-7,12,15-16H,1-3,8-11,18H2;1H. The third-order valence-corrected chi connectivity index (χ3v) is 7.58. The largest absolute Gasteiger partial charge is 0.327 e. The van der Waals surface area contributed by atoms with E-state index in [0.717, 1.165) is 24.9 Å². The first-order valence-electron chi connectivity index (χ1n) is 8.63. The van der Waals surface area contributed by atoms with E-state index in [4.69, 9.17) is 5.73 Å². The summed E-state index contributed by atoms with van der Waals surface area (Å²) in [5.74, 6) is 0.796. The molecule has 0 spiro atoms. The van der Waals surface area contributed by atoms with Gasteiger partial charge < -0.3 is 10.6 Å². The van der Waals surface area contributed by atoms with Crippen LogP contribution in [0.5, 0.6) is 0 Å². The Kier molecular flexibility index (Phi) is 5.12. The van der Waals surface area contributed by atoms with Crippen LogP contribution in [0.1, 0.15) is 25.7 Å². The van der Waals surface area contributed by atoms with Crippen molar-refractivity contribution < 1.29 is 13.2 Å². The topological polar surface area (TPSA) is 83.7 Å². The second-order valence-corrected chi connectivity index (χ2v) is 9.07.